The largest absolute Gasteiger partial charge is 0.508 e. The molecule has 2 aromatic rings. The number of carbonyl (C=O) groups is 1. The van der Waals surface area contributed by atoms with E-state index in [0.29, 0.717) is 12.1 Å². The van der Waals surface area contributed by atoms with Crippen molar-refractivity contribution >= 4 is 17.2 Å². The number of phenols is 1. The number of nitrogens with zero attached hydrogens (tertiary/aromatic N) is 1. The molecule has 0 aliphatic rings. The predicted octanol–water partition coefficient (Wildman–Crippen LogP) is 2.13. The highest BCUT2D eigenvalue weighted by atomic mass is 32.1. The van der Waals surface area contributed by atoms with E-state index in [0.717, 1.165) is 17.1 Å². The van der Waals surface area contributed by atoms with E-state index in [1.54, 1.807) is 23.5 Å². The van der Waals surface area contributed by atoms with E-state index < -0.39 is 0 Å². The number of hydrogen-bond acceptors (Lipinski definition) is 4. The molecular weight excluding hydrogens is 248 g/mol. The van der Waals surface area contributed by atoms with Gasteiger partial charge in [0.05, 0.1) is 5.01 Å². The van der Waals surface area contributed by atoms with Crippen LogP contribution in [0.5, 0.6) is 5.75 Å². The summed E-state index contributed by atoms with van der Waals surface area (Å²) in [7, 11) is 0. The van der Waals surface area contributed by atoms with Crippen molar-refractivity contribution in [3.63, 3.8) is 0 Å². The van der Waals surface area contributed by atoms with Gasteiger partial charge >= 0.3 is 0 Å². The molecule has 1 heterocycles. The number of carbonyl (C=O) groups excluding carboxylic acids is 1. The molecule has 4 nitrogen and oxygen atoms in total. The number of hydrogen-bond donors (Lipinski definition) is 2. The monoisotopic (exact) mass is 262 g/mol. The lowest BCUT2D eigenvalue weighted by Gasteiger charge is -2.03. The zero-order valence-electron chi connectivity index (χ0n) is 10.0. The number of thiazole rings is 1. The summed E-state index contributed by atoms with van der Waals surface area (Å²) in [6.45, 7) is 2.52. The Morgan fingerprint density at radius 3 is 2.72 bits per heavy atom. The number of nitrogens with one attached hydrogen (secondary N) is 1. The third-order valence-corrected chi connectivity index (χ3v) is 3.45. The Bertz CT molecular complexity index is 534. The maximum atomic E-state index is 11.7. The molecule has 94 valence electrons. The molecule has 0 saturated heterocycles. The summed E-state index contributed by atoms with van der Waals surface area (Å²) in [4.78, 5) is 16.1. The lowest BCUT2D eigenvalue weighted by Crippen LogP contribution is -2.25. The molecule has 18 heavy (non-hydrogen) atoms. The van der Waals surface area contributed by atoms with Crippen molar-refractivity contribution in [2.45, 2.75) is 13.3 Å². The van der Waals surface area contributed by atoms with Crippen molar-refractivity contribution in [2.75, 3.05) is 6.54 Å². The molecule has 0 aliphatic heterocycles. The summed E-state index contributed by atoms with van der Waals surface area (Å²) < 4.78 is 0. The molecule has 0 unspecified atom stereocenters. The Morgan fingerprint density at radius 2 is 2.11 bits per heavy atom. The maximum absolute atomic E-state index is 11.7. The van der Waals surface area contributed by atoms with E-state index in [9.17, 15) is 4.79 Å². The van der Waals surface area contributed by atoms with E-state index >= 15 is 0 Å². The minimum Gasteiger partial charge on any atom is -0.508 e. The van der Waals surface area contributed by atoms with Gasteiger partial charge in [0, 0.05) is 29.6 Å². The summed E-state index contributed by atoms with van der Waals surface area (Å²) in [5.41, 5.74) is 1.56. The average Bonchev–Trinajstić information content (AvgIpc) is 2.76. The van der Waals surface area contributed by atoms with Gasteiger partial charge in [0.15, 0.2) is 0 Å². The third kappa shape index (κ3) is 3.30. The van der Waals surface area contributed by atoms with Crippen LogP contribution in [-0.4, -0.2) is 22.5 Å². The molecule has 0 bridgehead atoms. The summed E-state index contributed by atoms with van der Waals surface area (Å²) in [6.07, 6.45) is 0.738. The lowest BCUT2D eigenvalue weighted by molar-refractivity contribution is 0.0954. The van der Waals surface area contributed by atoms with Gasteiger partial charge in [-0.3, -0.25) is 4.79 Å². The van der Waals surface area contributed by atoms with Crippen LogP contribution in [0.4, 0.5) is 0 Å². The van der Waals surface area contributed by atoms with Crippen molar-refractivity contribution in [1.82, 2.24) is 10.3 Å². The standard InChI is InChI=1S/C13H14N2O2S/c1-9-8-18-12(15-9)6-7-14-13(17)10-2-4-11(16)5-3-10/h2-5,8,16H,6-7H2,1H3,(H,14,17). The highest BCUT2D eigenvalue weighted by Gasteiger charge is 2.05. The van der Waals surface area contributed by atoms with Gasteiger partial charge in [-0.15, -0.1) is 11.3 Å². The summed E-state index contributed by atoms with van der Waals surface area (Å²) >= 11 is 1.60. The Labute approximate surface area is 109 Å². The first-order chi connectivity index (χ1) is 8.65. The van der Waals surface area contributed by atoms with Gasteiger partial charge < -0.3 is 10.4 Å². The molecule has 0 radical (unpaired) electrons. The second-order valence-electron chi connectivity index (χ2n) is 3.94. The number of aromatic nitrogens is 1. The van der Waals surface area contributed by atoms with Crippen molar-refractivity contribution in [1.29, 1.82) is 0 Å². The van der Waals surface area contributed by atoms with Gasteiger partial charge in [-0.25, -0.2) is 4.98 Å². The summed E-state index contributed by atoms with van der Waals surface area (Å²) in [5.74, 6) is 0.0214. The van der Waals surface area contributed by atoms with Crippen LogP contribution >= 0.6 is 11.3 Å². The second kappa shape index (κ2) is 5.64. The first-order valence-electron chi connectivity index (χ1n) is 5.63. The van der Waals surface area contributed by atoms with E-state index in [-0.39, 0.29) is 11.7 Å². The molecule has 0 atom stereocenters. The highest BCUT2D eigenvalue weighted by molar-refractivity contribution is 7.09. The van der Waals surface area contributed by atoms with Gasteiger partial charge in [-0.1, -0.05) is 0 Å². The fourth-order valence-electron chi connectivity index (χ4n) is 1.52. The van der Waals surface area contributed by atoms with Crippen LogP contribution in [0.25, 0.3) is 0 Å². The summed E-state index contributed by atoms with van der Waals surface area (Å²) in [5, 5.41) is 15.0. The van der Waals surface area contributed by atoms with Crippen LogP contribution < -0.4 is 5.32 Å². The normalized spacial score (nSPS) is 10.3. The van der Waals surface area contributed by atoms with Crippen LogP contribution in [0, 0.1) is 6.92 Å². The number of amides is 1. The van der Waals surface area contributed by atoms with Crippen LogP contribution in [0.15, 0.2) is 29.6 Å². The molecule has 2 N–H and O–H groups in total. The van der Waals surface area contributed by atoms with Crippen LogP contribution in [0.1, 0.15) is 21.1 Å². The fraction of sp³-hybridized carbons (Fsp3) is 0.231. The Hall–Kier alpha value is -1.88. The third-order valence-electron chi connectivity index (χ3n) is 2.42. The van der Waals surface area contributed by atoms with Crippen molar-refractivity contribution in [3.05, 3.63) is 45.9 Å². The van der Waals surface area contributed by atoms with Crippen LogP contribution in [0.3, 0.4) is 0 Å². The van der Waals surface area contributed by atoms with Crippen LogP contribution in [0.2, 0.25) is 0 Å². The van der Waals surface area contributed by atoms with E-state index in [1.165, 1.54) is 12.1 Å². The Balaban J connectivity index is 1.83. The van der Waals surface area contributed by atoms with E-state index in [2.05, 4.69) is 10.3 Å². The summed E-state index contributed by atoms with van der Waals surface area (Å²) in [6, 6.07) is 6.19. The molecular formula is C13H14N2O2S. The van der Waals surface area contributed by atoms with Gasteiger partial charge in [0.25, 0.3) is 5.91 Å². The van der Waals surface area contributed by atoms with Gasteiger partial charge in [-0.2, -0.15) is 0 Å². The maximum Gasteiger partial charge on any atom is 0.251 e. The number of benzene rings is 1. The van der Waals surface area contributed by atoms with E-state index in [4.69, 9.17) is 5.11 Å². The molecule has 2 rings (SSSR count). The molecule has 0 saturated carbocycles. The molecule has 0 fully saturated rings. The number of rotatable bonds is 4. The predicted molar refractivity (Wildman–Crippen MR) is 71.0 cm³/mol. The zero-order valence-corrected chi connectivity index (χ0v) is 10.8. The van der Waals surface area contributed by atoms with E-state index in [1.807, 2.05) is 12.3 Å². The van der Waals surface area contributed by atoms with Gasteiger partial charge in [0.2, 0.25) is 0 Å². The van der Waals surface area contributed by atoms with Crippen molar-refractivity contribution in [3.8, 4) is 5.75 Å². The topological polar surface area (TPSA) is 62.2 Å². The Kier molecular flexibility index (Phi) is 3.94. The number of aromatic hydroxyl groups is 1. The second-order valence-corrected chi connectivity index (χ2v) is 4.88. The molecule has 1 amide bonds. The Morgan fingerprint density at radius 1 is 1.39 bits per heavy atom. The van der Waals surface area contributed by atoms with Crippen molar-refractivity contribution in [2.24, 2.45) is 0 Å². The fourth-order valence-corrected chi connectivity index (χ4v) is 2.29. The molecule has 5 heteroatoms. The minimum absolute atomic E-state index is 0.136. The number of phenolic OH excluding ortho intramolecular Hbond substituents is 1. The van der Waals surface area contributed by atoms with Crippen molar-refractivity contribution < 1.29 is 9.90 Å². The molecule has 0 aliphatic carbocycles. The van der Waals surface area contributed by atoms with Gasteiger partial charge in [0.1, 0.15) is 5.75 Å². The smallest absolute Gasteiger partial charge is 0.251 e. The quantitative estimate of drug-likeness (QED) is 0.887. The number of aryl methyl sites for hydroxylation is 1. The SMILES string of the molecule is Cc1csc(CCNC(=O)c2ccc(O)cc2)n1. The molecule has 1 aromatic heterocycles. The highest BCUT2D eigenvalue weighted by Crippen LogP contribution is 2.10. The first kappa shape index (κ1) is 12.6. The molecule has 1 aromatic carbocycles. The minimum atomic E-state index is -0.136. The average molecular weight is 262 g/mol. The lowest BCUT2D eigenvalue weighted by atomic mass is 10.2. The first-order valence-corrected chi connectivity index (χ1v) is 6.51. The molecule has 0 spiro atoms. The van der Waals surface area contributed by atoms with Crippen LogP contribution in [-0.2, 0) is 6.42 Å². The zero-order chi connectivity index (χ0) is 13.0. The van der Waals surface area contributed by atoms with Gasteiger partial charge in [-0.05, 0) is 31.2 Å².